The highest BCUT2D eigenvalue weighted by atomic mass is 35.5. The van der Waals surface area contributed by atoms with Crippen molar-refractivity contribution in [1.29, 1.82) is 0 Å². The zero-order valence-electron chi connectivity index (χ0n) is 15.2. The Morgan fingerprint density at radius 3 is 2.63 bits per heavy atom. The van der Waals surface area contributed by atoms with E-state index in [1.54, 1.807) is 36.4 Å². The van der Waals surface area contributed by atoms with Gasteiger partial charge in [-0.3, -0.25) is 4.79 Å². The van der Waals surface area contributed by atoms with E-state index in [2.05, 4.69) is 20.3 Å². The van der Waals surface area contributed by atoms with Gasteiger partial charge in [-0.05, 0) is 36.4 Å². The average Bonchev–Trinajstić information content (AvgIpc) is 3.12. The number of pyridine rings is 2. The number of aliphatic imine (C=N–C) groups is 1. The molecule has 1 aromatic carbocycles. The third-order valence-corrected chi connectivity index (χ3v) is 5.30. The molecule has 2 aliphatic rings. The lowest BCUT2D eigenvalue weighted by Crippen LogP contribution is -2.31. The molecule has 1 amide bonds. The number of hydrogen-bond donors (Lipinski definition) is 2. The van der Waals surface area contributed by atoms with Gasteiger partial charge in [0.25, 0.3) is 11.9 Å². The number of carbonyl (C=O) groups excluding carboxylic acids is 1. The summed E-state index contributed by atoms with van der Waals surface area (Å²) in [7, 11) is 0. The largest absolute Gasteiger partial charge is 0.462 e. The van der Waals surface area contributed by atoms with Crippen LogP contribution >= 0.6 is 23.2 Å². The van der Waals surface area contributed by atoms with Crippen molar-refractivity contribution in [3.05, 3.63) is 75.8 Å². The van der Waals surface area contributed by atoms with E-state index in [9.17, 15) is 4.79 Å². The van der Waals surface area contributed by atoms with E-state index in [4.69, 9.17) is 38.4 Å². The zero-order valence-corrected chi connectivity index (χ0v) is 16.7. The maximum absolute atomic E-state index is 12.6. The maximum atomic E-state index is 12.6. The van der Waals surface area contributed by atoms with E-state index < -0.39 is 5.54 Å². The van der Waals surface area contributed by atoms with Gasteiger partial charge < -0.3 is 20.5 Å². The van der Waals surface area contributed by atoms with Crippen molar-refractivity contribution < 1.29 is 14.3 Å². The second-order valence-electron chi connectivity index (χ2n) is 6.73. The number of amidine groups is 1. The number of hydrogen-bond acceptors (Lipinski definition) is 7. The number of benzene rings is 1. The number of ether oxygens (including phenoxy) is 2. The summed E-state index contributed by atoms with van der Waals surface area (Å²) in [5, 5.41) is 3.56. The first-order valence-electron chi connectivity index (χ1n) is 8.84. The Kier molecular flexibility index (Phi) is 4.27. The van der Waals surface area contributed by atoms with Crippen LogP contribution in [0.15, 0.2) is 53.8 Å². The summed E-state index contributed by atoms with van der Waals surface area (Å²) >= 11 is 12.0. The molecule has 2 aliphatic heterocycles. The molecule has 1 spiro atoms. The molecule has 3 aromatic rings. The van der Waals surface area contributed by atoms with Crippen molar-refractivity contribution in [2.75, 3.05) is 11.9 Å². The molecule has 0 unspecified atom stereocenters. The third kappa shape index (κ3) is 3.01. The van der Waals surface area contributed by atoms with Crippen LogP contribution in [0.3, 0.4) is 0 Å². The number of carbonyl (C=O) groups is 1. The minimum atomic E-state index is -0.959. The smallest absolute Gasteiger partial charge is 0.283 e. The molecule has 0 saturated carbocycles. The van der Waals surface area contributed by atoms with Gasteiger partial charge in [-0.2, -0.15) is 0 Å². The van der Waals surface area contributed by atoms with Gasteiger partial charge in [0.2, 0.25) is 0 Å². The Labute approximate surface area is 180 Å². The van der Waals surface area contributed by atoms with Crippen molar-refractivity contribution in [2.45, 2.75) is 5.54 Å². The van der Waals surface area contributed by atoms with Crippen LogP contribution in [0, 0.1) is 0 Å². The van der Waals surface area contributed by atoms with Crippen LogP contribution in [-0.2, 0) is 10.3 Å². The molecule has 1 atom stereocenters. The molecule has 0 fully saturated rings. The Hall–Kier alpha value is -3.36. The molecule has 0 aliphatic carbocycles. The lowest BCUT2D eigenvalue weighted by Gasteiger charge is -2.33. The van der Waals surface area contributed by atoms with E-state index in [0.717, 1.165) is 0 Å². The number of nitrogens with two attached hydrogens (primary N) is 1. The zero-order chi connectivity index (χ0) is 20.9. The summed E-state index contributed by atoms with van der Waals surface area (Å²) in [5.74, 6) is 0.683. The van der Waals surface area contributed by atoms with Crippen LogP contribution in [-0.4, -0.2) is 28.5 Å². The second-order valence-corrected chi connectivity index (χ2v) is 7.55. The Bertz CT molecular complexity index is 1220. The van der Waals surface area contributed by atoms with Crippen molar-refractivity contribution in [3.63, 3.8) is 0 Å². The van der Waals surface area contributed by atoms with Crippen molar-refractivity contribution in [3.8, 4) is 11.5 Å². The number of amides is 1. The van der Waals surface area contributed by atoms with Gasteiger partial charge >= 0.3 is 0 Å². The molecule has 10 heteroatoms. The summed E-state index contributed by atoms with van der Waals surface area (Å²) in [5.41, 5.74) is 7.01. The van der Waals surface area contributed by atoms with Crippen molar-refractivity contribution in [2.24, 2.45) is 10.7 Å². The number of rotatable bonds is 2. The Morgan fingerprint density at radius 1 is 1.07 bits per heavy atom. The molecule has 30 heavy (non-hydrogen) atoms. The first-order valence-corrected chi connectivity index (χ1v) is 9.60. The van der Waals surface area contributed by atoms with Crippen LogP contribution < -0.4 is 15.8 Å². The lowest BCUT2D eigenvalue weighted by atomic mass is 9.82. The summed E-state index contributed by atoms with van der Waals surface area (Å²) in [6.45, 7) is 0.165. The summed E-state index contributed by atoms with van der Waals surface area (Å²) in [4.78, 5) is 25.2. The first-order chi connectivity index (χ1) is 14.4. The van der Waals surface area contributed by atoms with E-state index in [1.807, 2.05) is 0 Å². The van der Waals surface area contributed by atoms with Gasteiger partial charge in [0.05, 0.1) is 11.2 Å². The fraction of sp³-hybridized carbons (Fsp3) is 0.100. The molecular formula is C20H13Cl2N5O3. The Balaban J connectivity index is 1.56. The number of anilines is 1. The molecule has 0 saturated heterocycles. The molecule has 3 N–H and O–H groups in total. The van der Waals surface area contributed by atoms with Crippen LogP contribution in [0.2, 0.25) is 10.2 Å². The minimum Gasteiger partial charge on any atom is -0.462 e. The summed E-state index contributed by atoms with van der Waals surface area (Å²) in [6.07, 6.45) is 2.95. The van der Waals surface area contributed by atoms with Gasteiger partial charge in [-0.25, -0.2) is 15.0 Å². The van der Waals surface area contributed by atoms with Gasteiger partial charge in [-0.1, -0.05) is 23.2 Å². The predicted molar refractivity (Wildman–Crippen MR) is 111 cm³/mol. The van der Waals surface area contributed by atoms with E-state index >= 15 is 0 Å². The third-order valence-electron chi connectivity index (χ3n) is 4.87. The fourth-order valence-corrected chi connectivity index (χ4v) is 3.79. The molecule has 5 rings (SSSR count). The number of fused-ring (bicyclic) bond motifs is 4. The molecule has 2 aromatic heterocycles. The quantitative estimate of drug-likeness (QED) is 0.585. The van der Waals surface area contributed by atoms with E-state index in [1.165, 1.54) is 12.4 Å². The number of nitrogens with zero attached hydrogens (tertiary/aromatic N) is 3. The highest BCUT2D eigenvalue weighted by molar-refractivity contribution is 6.30. The van der Waals surface area contributed by atoms with E-state index in [-0.39, 0.29) is 24.2 Å². The first kappa shape index (κ1) is 18.7. The fourth-order valence-electron chi connectivity index (χ4n) is 3.52. The number of aromatic nitrogens is 2. The molecular weight excluding hydrogens is 429 g/mol. The summed E-state index contributed by atoms with van der Waals surface area (Å²) in [6, 6.07) is 10.1. The SMILES string of the molecule is NC1=N[C@@]2(CO1)c1cc(NC(=O)c3ccc(Cl)cn3)ccc1Oc1cnc(Cl)cc12. The number of nitrogens with one attached hydrogen (secondary N) is 1. The van der Waals surface area contributed by atoms with E-state index in [0.29, 0.717) is 38.5 Å². The standard InChI is InChI=1S/C20H13Cl2N5O3/c21-10-1-3-14(24-7-10)18(28)26-11-2-4-15-12(5-11)20(9-29-19(23)27-20)13-6-17(22)25-8-16(13)30-15/h1-8H,9H2,(H2,23,27)(H,26,28)/t20-/m0/s1. The van der Waals surface area contributed by atoms with Crippen LogP contribution in [0.4, 0.5) is 5.69 Å². The monoisotopic (exact) mass is 441 g/mol. The predicted octanol–water partition coefficient (Wildman–Crippen LogP) is 3.73. The lowest BCUT2D eigenvalue weighted by molar-refractivity contribution is 0.102. The molecule has 150 valence electrons. The van der Waals surface area contributed by atoms with Gasteiger partial charge in [0, 0.05) is 23.0 Å². The molecule has 0 radical (unpaired) electrons. The number of halogens is 2. The maximum Gasteiger partial charge on any atom is 0.283 e. The van der Waals surface area contributed by atoms with Crippen LogP contribution in [0.5, 0.6) is 11.5 Å². The average molecular weight is 442 g/mol. The highest BCUT2D eigenvalue weighted by Gasteiger charge is 2.47. The molecule has 4 heterocycles. The second kappa shape index (κ2) is 6.86. The highest BCUT2D eigenvalue weighted by Crippen LogP contribution is 2.51. The van der Waals surface area contributed by atoms with Crippen LogP contribution in [0.1, 0.15) is 21.6 Å². The van der Waals surface area contributed by atoms with Crippen molar-refractivity contribution >= 4 is 40.8 Å². The normalized spacial score (nSPS) is 18.7. The topological polar surface area (TPSA) is 112 Å². The summed E-state index contributed by atoms with van der Waals surface area (Å²) < 4.78 is 11.5. The molecule has 0 bridgehead atoms. The van der Waals surface area contributed by atoms with Crippen LogP contribution in [0.25, 0.3) is 0 Å². The molecule has 8 nitrogen and oxygen atoms in total. The van der Waals surface area contributed by atoms with Crippen molar-refractivity contribution in [1.82, 2.24) is 9.97 Å². The minimum absolute atomic E-state index is 0.0570. The van der Waals surface area contributed by atoms with Gasteiger partial charge in [-0.15, -0.1) is 0 Å². The van der Waals surface area contributed by atoms with Gasteiger partial charge in [0.1, 0.15) is 23.2 Å². The Morgan fingerprint density at radius 2 is 1.90 bits per heavy atom. The van der Waals surface area contributed by atoms with Gasteiger partial charge in [0.15, 0.2) is 11.3 Å².